The minimum absolute atomic E-state index is 0.0943. The SMILES string of the molecule is Cc1c(C(=O)OC(C)C(=O)NCCC2=CCCCC2)sc2nc3n(c(=O)c12)CCC3. The molecule has 7 nitrogen and oxygen atoms in total. The lowest BCUT2D eigenvalue weighted by atomic mass is 9.97. The number of ether oxygens (including phenoxy) is 1. The van der Waals surface area contributed by atoms with Gasteiger partial charge in [-0.3, -0.25) is 14.2 Å². The van der Waals surface area contributed by atoms with Crippen molar-refractivity contribution in [3.05, 3.63) is 38.3 Å². The van der Waals surface area contributed by atoms with Gasteiger partial charge < -0.3 is 10.1 Å². The number of thiophene rings is 1. The molecule has 1 N–H and O–H groups in total. The Hall–Kier alpha value is -2.48. The second-order valence-corrected chi connectivity index (χ2v) is 9.02. The predicted molar refractivity (Wildman–Crippen MR) is 116 cm³/mol. The van der Waals surface area contributed by atoms with Crippen LogP contribution >= 0.6 is 11.3 Å². The average Bonchev–Trinajstić information content (AvgIpc) is 3.33. The third kappa shape index (κ3) is 4.05. The highest BCUT2D eigenvalue weighted by Gasteiger charge is 2.26. The van der Waals surface area contributed by atoms with Crippen molar-refractivity contribution in [2.75, 3.05) is 6.54 Å². The van der Waals surface area contributed by atoms with Crippen molar-refractivity contribution in [3.63, 3.8) is 0 Å². The maximum atomic E-state index is 12.8. The molecule has 4 rings (SSSR count). The first-order chi connectivity index (χ1) is 14.5. The fourth-order valence-corrected chi connectivity index (χ4v) is 5.23. The summed E-state index contributed by atoms with van der Waals surface area (Å²) in [5.41, 5.74) is 1.87. The molecule has 3 heterocycles. The Morgan fingerprint density at radius 3 is 2.90 bits per heavy atom. The topological polar surface area (TPSA) is 90.3 Å². The quantitative estimate of drug-likeness (QED) is 0.562. The number of nitrogens with zero attached hydrogens (tertiary/aromatic N) is 2. The number of aromatic nitrogens is 2. The van der Waals surface area contributed by atoms with Crippen molar-refractivity contribution in [3.8, 4) is 0 Å². The van der Waals surface area contributed by atoms with E-state index in [1.54, 1.807) is 18.4 Å². The van der Waals surface area contributed by atoms with E-state index in [0.717, 1.165) is 49.3 Å². The van der Waals surface area contributed by atoms with Gasteiger partial charge in [0.25, 0.3) is 11.5 Å². The number of allylic oxidation sites excluding steroid dienone is 1. The van der Waals surface area contributed by atoms with Gasteiger partial charge in [-0.05, 0) is 57.9 Å². The van der Waals surface area contributed by atoms with Gasteiger partial charge in [-0.2, -0.15) is 0 Å². The van der Waals surface area contributed by atoms with Gasteiger partial charge in [-0.1, -0.05) is 11.6 Å². The second-order valence-electron chi connectivity index (χ2n) is 8.02. The summed E-state index contributed by atoms with van der Waals surface area (Å²) < 4.78 is 7.09. The number of nitrogens with one attached hydrogen (secondary N) is 1. The van der Waals surface area contributed by atoms with Crippen molar-refractivity contribution in [1.82, 2.24) is 14.9 Å². The Kier molecular flexibility index (Phi) is 6.04. The minimum atomic E-state index is -0.901. The molecule has 0 saturated heterocycles. The Morgan fingerprint density at radius 2 is 2.13 bits per heavy atom. The van der Waals surface area contributed by atoms with Gasteiger partial charge in [-0.25, -0.2) is 9.78 Å². The summed E-state index contributed by atoms with van der Waals surface area (Å²) in [4.78, 5) is 43.3. The van der Waals surface area contributed by atoms with Crippen LogP contribution in [0.3, 0.4) is 0 Å². The van der Waals surface area contributed by atoms with E-state index in [1.807, 2.05) is 0 Å². The normalized spacial score (nSPS) is 16.8. The van der Waals surface area contributed by atoms with Gasteiger partial charge in [0, 0.05) is 19.5 Å². The second kappa shape index (κ2) is 8.71. The first-order valence-corrected chi connectivity index (χ1v) is 11.5. The molecule has 8 heteroatoms. The summed E-state index contributed by atoms with van der Waals surface area (Å²) in [6, 6.07) is 0. The van der Waals surface area contributed by atoms with Crippen molar-refractivity contribution in [2.45, 2.75) is 71.4 Å². The maximum Gasteiger partial charge on any atom is 0.349 e. The molecule has 2 aromatic heterocycles. The molecule has 2 aromatic rings. The number of aryl methyl sites for hydroxylation is 2. The molecule has 0 aromatic carbocycles. The average molecular weight is 430 g/mol. The summed E-state index contributed by atoms with van der Waals surface area (Å²) in [6.45, 7) is 4.52. The lowest BCUT2D eigenvalue weighted by Crippen LogP contribution is -2.36. The first-order valence-electron chi connectivity index (χ1n) is 10.6. The number of amides is 1. The van der Waals surface area contributed by atoms with Crippen LogP contribution in [0.25, 0.3) is 10.2 Å². The monoisotopic (exact) mass is 429 g/mol. The summed E-state index contributed by atoms with van der Waals surface area (Å²) in [5.74, 6) is -0.122. The van der Waals surface area contributed by atoms with Crippen LogP contribution in [0.4, 0.5) is 0 Å². The van der Waals surface area contributed by atoms with Crippen LogP contribution in [0.1, 0.15) is 66.5 Å². The van der Waals surface area contributed by atoms with E-state index >= 15 is 0 Å². The van der Waals surface area contributed by atoms with Gasteiger partial charge in [0.2, 0.25) is 0 Å². The molecule has 1 aliphatic heterocycles. The van der Waals surface area contributed by atoms with Crippen molar-refractivity contribution in [1.29, 1.82) is 0 Å². The minimum Gasteiger partial charge on any atom is -0.448 e. The largest absolute Gasteiger partial charge is 0.448 e. The molecule has 0 bridgehead atoms. The van der Waals surface area contributed by atoms with Crippen LogP contribution in [-0.2, 0) is 22.5 Å². The number of hydrogen-bond donors (Lipinski definition) is 1. The van der Waals surface area contributed by atoms with Crippen LogP contribution in [0, 0.1) is 6.92 Å². The van der Waals surface area contributed by atoms with Gasteiger partial charge in [0.05, 0.1) is 5.39 Å². The molecule has 2 aliphatic rings. The summed E-state index contributed by atoms with van der Waals surface area (Å²) in [5, 5.41) is 3.33. The van der Waals surface area contributed by atoms with E-state index in [-0.39, 0.29) is 11.5 Å². The lowest BCUT2D eigenvalue weighted by molar-refractivity contribution is -0.129. The van der Waals surface area contributed by atoms with Crippen molar-refractivity contribution >= 4 is 33.4 Å². The van der Waals surface area contributed by atoms with Crippen LogP contribution < -0.4 is 10.9 Å². The van der Waals surface area contributed by atoms with Gasteiger partial charge >= 0.3 is 5.97 Å². The van der Waals surface area contributed by atoms with E-state index < -0.39 is 12.1 Å². The highest BCUT2D eigenvalue weighted by Crippen LogP contribution is 2.29. The van der Waals surface area contributed by atoms with Gasteiger partial charge in [0.15, 0.2) is 6.10 Å². The van der Waals surface area contributed by atoms with Crippen molar-refractivity contribution < 1.29 is 14.3 Å². The summed E-state index contributed by atoms with van der Waals surface area (Å²) in [7, 11) is 0. The molecule has 1 aliphatic carbocycles. The zero-order chi connectivity index (χ0) is 21.3. The molecule has 30 heavy (non-hydrogen) atoms. The summed E-state index contributed by atoms with van der Waals surface area (Å²) >= 11 is 1.16. The number of fused-ring (bicyclic) bond motifs is 2. The summed E-state index contributed by atoms with van der Waals surface area (Å²) in [6.07, 6.45) is 8.55. The number of esters is 1. The fraction of sp³-hybridized carbons (Fsp3) is 0.545. The Bertz CT molecular complexity index is 1080. The fourth-order valence-electron chi connectivity index (χ4n) is 4.16. The van der Waals surface area contributed by atoms with Crippen molar-refractivity contribution in [2.24, 2.45) is 0 Å². The zero-order valence-electron chi connectivity index (χ0n) is 17.5. The number of rotatable bonds is 6. The maximum absolute atomic E-state index is 12.8. The molecular formula is C22H27N3O4S. The molecule has 160 valence electrons. The van der Waals surface area contributed by atoms with E-state index in [4.69, 9.17) is 4.74 Å². The zero-order valence-corrected chi connectivity index (χ0v) is 18.3. The molecule has 0 spiro atoms. The van der Waals surface area contributed by atoms with E-state index in [9.17, 15) is 14.4 Å². The first kappa shape index (κ1) is 20.8. The smallest absolute Gasteiger partial charge is 0.349 e. The highest BCUT2D eigenvalue weighted by atomic mass is 32.1. The van der Waals surface area contributed by atoms with Crippen LogP contribution in [-0.4, -0.2) is 34.1 Å². The Balaban J connectivity index is 1.40. The lowest BCUT2D eigenvalue weighted by Gasteiger charge is -2.15. The molecule has 0 radical (unpaired) electrons. The standard InChI is InChI=1S/C22H27N3O4S/c1-13-17-20(24-16-9-6-12-25(16)21(17)27)30-18(13)22(28)29-14(2)19(26)23-11-10-15-7-4-3-5-8-15/h7,14H,3-6,8-12H2,1-2H3,(H,23,26). The number of hydrogen-bond acceptors (Lipinski definition) is 6. The van der Waals surface area contributed by atoms with Gasteiger partial charge in [0.1, 0.15) is 15.5 Å². The van der Waals surface area contributed by atoms with E-state index in [1.165, 1.54) is 18.4 Å². The third-order valence-corrected chi connectivity index (χ3v) is 7.05. The third-order valence-electron chi connectivity index (χ3n) is 5.88. The van der Waals surface area contributed by atoms with Crippen LogP contribution in [0.5, 0.6) is 0 Å². The molecule has 1 atom stereocenters. The van der Waals surface area contributed by atoms with Crippen LogP contribution in [0.15, 0.2) is 16.4 Å². The van der Waals surface area contributed by atoms with E-state index in [0.29, 0.717) is 33.7 Å². The predicted octanol–water partition coefficient (Wildman–Crippen LogP) is 3.26. The van der Waals surface area contributed by atoms with Gasteiger partial charge in [-0.15, -0.1) is 11.3 Å². The van der Waals surface area contributed by atoms with E-state index in [2.05, 4.69) is 16.4 Å². The molecule has 0 fully saturated rings. The molecule has 1 amide bonds. The highest BCUT2D eigenvalue weighted by molar-refractivity contribution is 7.20. The number of carbonyl (C=O) groups excluding carboxylic acids is 2. The Morgan fingerprint density at radius 1 is 1.30 bits per heavy atom. The number of carbonyl (C=O) groups is 2. The van der Waals surface area contributed by atoms with Crippen LogP contribution in [0.2, 0.25) is 0 Å². The molecule has 0 saturated carbocycles. The molecular weight excluding hydrogens is 402 g/mol. The molecule has 1 unspecified atom stereocenters. The Labute approximate surface area is 179 Å².